The lowest BCUT2D eigenvalue weighted by atomic mass is 10.1. The fraction of sp³-hybridized carbons (Fsp3) is 0.381. The number of carbonyl (C=O) groups excluding carboxylic acids is 1. The van der Waals surface area contributed by atoms with Crippen molar-refractivity contribution in [2.45, 2.75) is 38.1 Å². The number of aryl methyl sites for hydroxylation is 1. The zero-order valence-corrected chi connectivity index (χ0v) is 17.5. The molecule has 0 saturated carbocycles. The Morgan fingerprint density at radius 1 is 1.11 bits per heavy atom. The maximum atomic E-state index is 13.0. The summed E-state index contributed by atoms with van der Waals surface area (Å²) in [6, 6.07) is 13.3. The molecule has 0 fully saturated rings. The highest BCUT2D eigenvalue weighted by atomic mass is 32.2. The Kier molecular flexibility index (Phi) is 7.60. The Morgan fingerprint density at radius 3 is 2.39 bits per heavy atom. The molecule has 1 atom stereocenters. The van der Waals surface area contributed by atoms with Gasteiger partial charge in [-0.2, -0.15) is 4.72 Å². The molecule has 7 heteroatoms. The molecule has 0 saturated heterocycles. The Balaban J connectivity index is 2.32. The van der Waals surface area contributed by atoms with Crippen molar-refractivity contribution in [3.8, 4) is 5.75 Å². The van der Waals surface area contributed by atoms with Gasteiger partial charge in [-0.25, -0.2) is 8.42 Å². The van der Waals surface area contributed by atoms with E-state index in [0.29, 0.717) is 6.54 Å². The average molecular weight is 405 g/mol. The third-order valence-electron chi connectivity index (χ3n) is 4.19. The topological polar surface area (TPSA) is 84.5 Å². The fourth-order valence-electron chi connectivity index (χ4n) is 2.71. The number of ether oxygens (including phenoxy) is 1. The van der Waals surface area contributed by atoms with Crippen molar-refractivity contribution in [3.63, 3.8) is 0 Å². The Hall–Kier alpha value is -2.38. The lowest BCUT2D eigenvalue weighted by Crippen LogP contribution is -2.48. The summed E-state index contributed by atoms with van der Waals surface area (Å²) in [7, 11) is -2.55. The van der Waals surface area contributed by atoms with E-state index in [1.807, 2.05) is 44.2 Å². The second-order valence-corrected chi connectivity index (χ2v) is 8.84. The lowest BCUT2D eigenvalue weighted by Gasteiger charge is -2.20. The maximum Gasteiger partial charge on any atom is 0.244 e. The summed E-state index contributed by atoms with van der Waals surface area (Å²) in [6.07, 6.45) is 0.248. The SMILES string of the molecule is COc1ccc(C)cc1S(=O)(=O)N[C@H](Cc1ccccc1)C(=O)NCC(C)C. The van der Waals surface area contributed by atoms with Gasteiger partial charge in [-0.15, -0.1) is 0 Å². The summed E-state index contributed by atoms with van der Waals surface area (Å²) in [6.45, 7) is 6.23. The summed E-state index contributed by atoms with van der Waals surface area (Å²) >= 11 is 0. The van der Waals surface area contributed by atoms with Crippen LogP contribution in [0.15, 0.2) is 53.4 Å². The number of methoxy groups -OCH3 is 1. The minimum Gasteiger partial charge on any atom is -0.495 e. The fourth-order valence-corrected chi connectivity index (χ4v) is 4.16. The van der Waals surface area contributed by atoms with E-state index in [0.717, 1.165) is 11.1 Å². The van der Waals surface area contributed by atoms with E-state index >= 15 is 0 Å². The van der Waals surface area contributed by atoms with E-state index in [9.17, 15) is 13.2 Å². The van der Waals surface area contributed by atoms with Crippen molar-refractivity contribution in [1.82, 2.24) is 10.0 Å². The molecule has 0 bridgehead atoms. The van der Waals surface area contributed by atoms with Gasteiger partial charge >= 0.3 is 0 Å². The Morgan fingerprint density at radius 2 is 1.79 bits per heavy atom. The van der Waals surface area contributed by atoms with E-state index in [4.69, 9.17) is 4.74 Å². The van der Waals surface area contributed by atoms with Crippen molar-refractivity contribution < 1.29 is 17.9 Å². The van der Waals surface area contributed by atoms with Crippen molar-refractivity contribution in [3.05, 3.63) is 59.7 Å². The van der Waals surface area contributed by atoms with Gasteiger partial charge in [0, 0.05) is 6.54 Å². The van der Waals surface area contributed by atoms with E-state index in [1.54, 1.807) is 19.1 Å². The molecule has 2 aromatic carbocycles. The number of rotatable bonds is 9. The predicted molar refractivity (Wildman–Crippen MR) is 110 cm³/mol. The van der Waals surface area contributed by atoms with Crippen LogP contribution in [0.1, 0.15) is 25.0 Å². The van der Waals surface area contributed by atoms with E-state index < -0.39 is 16.1 Å². The van der Waals surface area contributed by atoms with Crippen LogP contribution in [-0.4, -0.2) is 34.0 Å². The molecule has 0 aliphatic carbocycles. The van der Waals surface area contributed by atoms with E-state index in [-0.39, 0.29) is 28.9 Å². The molecule has 0 aromatic heterocycles. The number of nitrogens with one attached hydrogen (secondary N) is 2. The van der Waals surface area contributed by atoms with Crippen LogP contribution in [0.3, 0.4) is 0 Å². The molecular weight excluding hydrogens is 376 g/mol. The van der Waals surface area contributed by atoms with Gasteiger partial charge < -0.3 is 10.1 Å². The van der Waals surface area contributed by atoms with Gasteiger partial charge in [0.15, 0.2) is 0 Å². The molecule has 2 rings (SSSR count). The van der Waals surface area contributed by atoms with E-state index in [2.05, 4.69) is 10.0 Å². The van der Waals surface area contributed by atoms with Crippen LogP contribution < -0.4 is 14.8 Å². The van der Waals surface area contributed by atoms with Crippen molar-refractivity contribution in [2.24, 2.45) is 5.92 Å². The molecule has 152 valence electrons. The molecule has 0 spiro atoms. The summed E-state index contributed by atoms with van der Waals surface area (Å²) in [5.41, 5.74) is 1.65. The number of hydrogen-bond donors (Lipinski definition) is 2. The quantitative estimate of drug-likeness (QED) is 0.673. The largest absolute Gasteiger partial charge is 0.495 e. The van der Waals surface area contributed by atoms with Gasteiger partial charge in [0.1, 0.15) is 16.7 Å². The van der Waals surface area contributed by atoms with E-state index in [1.165, 1.54) is 13.2 Å². The number of hydrogen-bond acceptors (Lipinski definition) is 4. The highest BCUT2D eigenvalue weighted by Gasteiger charge is 2.28. The smallest absolute Gasteiger partial charge is 0.244 e. The molecule has 6 nitrogen and oxygen atoms in total. The van der Waals surface area contributed by atoms with Crippen LogP contribution in [0.2, 0.25) is 0 Å². The second-order valence-electron chi connectivity index (χ2n) is 7.16. The minimum atomic E-state index is -3.96. The number of carbonyl (C=O) groups is 1. The van der Waals surface area contributed by atoms with Gasteiger partial charge in [-0.1, -0.05) is 50.2 Å². The van der Waals surface area contributed by atoms with Gasteiger partial charge in [-0.3, -0.25) is 4.79 Å². The van der Waals surface area contributed by atoms with Gasteiger partial charge in [0.05, 0.1) is 7.11 Å². The maximum absolute atomic E-state index is 13.0. The van der Waals surface area contributed by atoms with Crippen LogP contribution in [0, 0.1) is 12.8 Å². The minimum absolute atomic E-state index is 0.0183. The molecule has 0 heterocycles. The average Bonchev–Trinajstić information content (AvgIpc) is 2.66. The zero-order chi connectivity index (χ0) is 20.7. The van der Waals surface area contributed by atoms with Gasteiger partial charge in [0.25, 0.3) is 0 Å². The van der Waals surface area contributed by atoms with Gasteiger partial charge in [0.2, 0.25) is 15.9 Å². The molecule has 0 aliphatic rings. The first kappa shape index (κ1) is 21.9. The van der Waals surface area contributed by atoms with Crippen molar-refractivity contribution in [2.75, 3.05) is 13.7 Å². The summed E-state index contributed by atoms with van der Waals surface area (Å²) in [4.78, 5) is 12.7. The molecule has 28 heavy (non-hydrogen) atoms. The Labute approximate surface area is 167 Å². The molecule has 2 aromatic rings. The first-order valence-corrected chi connectivity index (χ1v) is 10.7. The molecule has 0 aliphatic heterocycles. The number of sulfonamides is 1. The zero-order valence-electron chi connectivity index (χ0n) is 16.7. The highest BCUT2D eigenvalue weighted by molar-refractivity contribution is 7.89. The molecule has 0 unspecified atom stereocenters. The standard InChI is InChI=1S/C21H28N2O4S/c1-15(2)14-22-21(24)18(13-17-8-6-5-7-9-17)23-28(25,26)20-12-16(3)10-11-19(20)27-4/h5-12,15,18,23H,13-14H2,1-4H3,(H,22,24)/t18-/m1/s1. The normalized spacial score (nSPS) is 12.6. The molecule has 1 amide bonds. The predicted octanol–water partition coefficient (Wildman–Crippen LogP) is 2.67. The first-order valence-electron chi connectivity index (χ1n) is 9.21. The van der Waals surface area contributed by atoms with Crippen LogP contribution in [0.5, 0.6) is 5.75 Å². The van der Waals surface area contributed by atoms with Gasteiger partial charge in [-0.05, 0) is 42.5 Å². The molecular formula is C21H28N2O4S. The summed E-state index contributed by atoms with van der Waals surface area (Å²) in [5, 5.41) is 2.82. The number of benzene rings is 2. The monoisotopic (exact) mass is 404 g/mol. The van der Waals surface area contributed by atoms with Crippen LogP contribution in [0.4, 0.5) is 0 Å². The molecule has 2 N–H and O–H groups in total. The second kappa shape index (κ2) is 9.71. The summed E-state index contributed by atoms with van der Waals surface area (Å²) in [5.74, 6) is 0.140. The summed E-state index contributed by atoms with van der Waals surface area (Å²) < 4.78 is 33.8. The van der Waals surface area contributed by atoms with Crippen LogP contribution in [0.25, 0.3) is 0 Å². The Bertz CT molecular complexity index is 896. The highest BCUT2D eigenvalue weighted by Crippen LogP contribution is 2.25. The third-order valence-corrected chi connectivity index (χ3v) is 5.68. The van der Waals surface area contributed by atoms with Crippen molar-refractivity contribution >= 4 is 15.9 Å². The third kappa shape index (κ3) is 6.07. The van der Waals surface area contributed by atoms with Crippen LogP contribution >= 0.6 is 0 Å². The van der Waals surface area contributed by atoms with Crippen molar-refractivity contribution in [1.29, 1.82) is 0 Å². The molecule has 0 radical (unpaired) electrons. The van der Waals surface area contributed by atoms with Crippen LogP contribution in [-0.2, 0) is 21.2 Å². The first-order chi connectivity index (χ1) is 13.2. The number of amides is 1. The lowest BCUT2D eigenvalue weighted by molar-refractivity contribution is -0.122.